The van der Waals surface area contributed by atoms with E-state index in [2.05, 4.69) is 5.10 Å². The van der Waals surface area contributed by atoms with E-state index in [9.17, 15) is 18.0 Å². The molecule has 0 aromatic carbocycles. The number of hydrogen-bond donors (Lipinski definition) is 1. The minimum atomic E-state index is -4.69. The summed E-state index contributed by atoms with van der Waals surface area (Å²) in [7, 11) is 3.14. The van der Waals surface area contributed by atoms with Crippen LogP contribution in [-0.2, 0) is 11.8 Å². The maximum Gasteiger partial charge on any atom is 0.415 e. The lowest BCUT2D eigenvalue weighted by molar-refractivity contribution is -0.208. The first kappa shape index (κ1) is 16.8. The van der Waals surface area contributed by atoms with Gasteiger partial charge in [0.15, 0.2) is 11.9 Å². The molecule has 6 nitrogen and oxygen atoms in total. The second-order valence-electron chi connectivity index (χ2n) is 5.49. The van der Waals surface area contributed by atoms with Gasteiger partial charge in [-0.3, -0.25) is 19.3 Å². The Kier molecular flexibility index (Phi) is 4.76. The third-order valence-electron chi connectivity index (χ3n) is 3.76. The molecule has 1 saturated heterocycles. The highest BCUT2D eigenvalue weighted by Crippen LogP contribution is 2.24. The van der Waals surface area contributed by atoms with Crippen LogP contribution in [0.1, 0.15) is 12.8 Å². The zero-order valence-electron chi connectivity index (χ0n) is 12.4. The van der Waals surface area contributed by atoms with Crippen LogP contribution in [0, 0.1) is 0 Å². The smallest absolute Gasteiger partial charge is 0.382 e. The first-order valence-corrected chi connectivity index (χ1v) is 6.96. The molecule has 0 bridgehead atoms. The Bertz CT molecular complexity index is 532. The van der Waals surface area contributed by atoms with Gasteiger partial charge in [-0.2, -0.15) is 18.3 Å². The molecule has 2 heterocycles. The molecule has 1 N–H and O–H groups in total. The summed E-state index contributed by atoms with van der Waals surface area (Å²) < 4.78 is 38.9. The standard InChI is InChI=1S/C13H19F3N4O2/c1-18(8-10(21)13(14,15)16)9-4-3-6-20(12(9)22)11-5-7-19(2)17-11/h5,7,9-10,21H,3-4,6,8H2,1-2H3. The number of anilines is 1. The molecule has 1 aliphatic heterocycles. The number of alkyl halides is 3. The van der Waals surface area contributed by atoms with Crippen molar-refractivity contribution in [2.45, 2.75) is 31.2 Å². The van der Waals surface area contributed by atoms with E-state index < -0.39 is 24.9 Å². The van der Waals surface area contributed by atoms with Gasteiger partial charge >= 0.3 is 6.18 Å². The third kappa shape index (κ3) is 3.58. The molecule has 22 heavy (non-hydrogen) atoms. The number of carbonyl (C=O) groups is 1. The SMILES string of the molecule is CN(CC(O)C(F)(F)F)C1CCCN(c2ccn(C)n2)C1=O. The van der Waals surface area contributed by atoms with Crippen LogP contribution in [0.2, 0.25) is 0 Å². The summed E-state index contributed by atoms with van der Waals surface area (Å²) in [5, 5.41) is 13.3. The van der Waals surface area contributed by atoms with E-state index in [1.807, 2.05) is 0 Å². The molecule has 1 aromatic rings. The average Bonchev–Trinajstić information content (AvgIpc) is 2.84. The lowest BCUT2D eigenvalue weighted by Gasteiger charge is -2.36. The van der Waals surface area contributed by atoms with E-state index in [1.54, 1.807) is 24.0 Å². The van der Waals surface area contributed by atoms with Gasteiger partial charge in [-0.25, -0.2) is 0 Å². The highest BCUT2D eigenvalue weighted by atomic mass is 19.4. The Morgan fingerprint density at radius 2 is 2.23 bits per heavy atom. The molecule has 2 unspecified atom stereocenters. The maximum absolute atomic E-state index is 12.5. The largest absolute Gasteiger partial charge is 0.415 e. The topological polar surface area (TPSA) is 61.6 Å². The van der Waals surface area contributed by atoms with Gasteiger partial charge < -0.3 is 5.11 Å². The number of aryl methyl sites for hydroxylation is 1. The molecule has 0 radical (unpaired) electrons. The predicted octanol–water partition coefficient (Wildman–Crippen LogP) is 0.770. The van der Waals surface area contributed by atoms with E-state index in [1.165, 1.54) is 16.8 Å². The Morgan fingerprint density at radius 3 is 2.77 bits per heavy atom. The van der Waals surface area contributed by atoms with Gasteiger partial charge in [-0.1, -0.05) is 0 Å². The van der Waals surface area contributed by atoms with Crippen LogP contribution in [0.15, 0.2) is 12.3 Å². The number of carbonyl (C=O) groups excluding carboxylic acids is 1. The van der Waals surface area contributed by atoms with Crippen molar-refractivity contribution in [2.75, 3.05) is 25.0 Å². The van der Waals surface area contributed by atoms with E-state index in [-0.39, 0.29) is 5.91 Å². The molecule has 1 amide bonds. The number of aliphatic hydroxyl groups excluding tert-OH is 1. The fourth-order valence-electron chi connectivity index (χ4n) is 2.54. The Labute approximate surface area is 126 Å². The van der Waals surface area contributed by atoms with E-state index >= 15 is 0 Å². The van der Waals surface area contributed by atoms with Crippen LogP contribution in [0.5, 0.6) is 0 Å². The second-order valence-corrected chi connectivity index (χ2v) is 5.49. The lowest BCUT2D eigenvalue weighted by atomic mass is 10.0. The van der Waals surface area contributed by atoms with Gasteiger partial charge in [0, 0.05) is 32.4 Å². The Morgan fingerprint density at radius 1 is 1.55 bits per heavy atom. The van der Waals surface area contributed by atoms with Crippen molar-refractivity contribution in [1.29, 1.82) is 0 Å². The number of piperidine rings is 1. The fourth-order valence-corrected chi connectivity index (χ4v) is 2.54. The zero-order valence-corrected chi connectivity index (χ0v) is 12.4. The van der Waals surface area contributed by atoms with Gasteiger partial charge in [0.2, 0.25) is 5.91 Å². The quantitative estimate of drug-likeness (QED) is 0.890. The van der Waals surface area contributed by atoms with E-state index in [0.717, 1.165) is 0 Å². The Hall–Kier alpha value is -1.61. The van der Waals surface area contributed by atoms with Crippen LogP contribution < -0.4 is 4.90 Å². The molecule has 0 saturated carbocycles. The normalized spacial score (nSPS) is 21.5. The van der Waals surface area contributed by atoms with Crippen molar-refractivity contribution < 1.29 is 23.1 Å². The van der Waals surface area contributed by atoms with Crippen molar-refractivity contribution in [2.24, 2.45) is 7.05 Å². The van der Waals surface area contributed by atoms with Gasteiger partial charge in [-0.15, -0.1) is 0 Å². The summed E-state index contributed by atoms with van der Waals surface area (Å²) in [6.45, 7) is -0.141. The summed E-state index contributed by atoms with van der Waals surface area (Å²) in [6, 6.07) is 0.998. The minimum Gasteiger partial charge on any atom is -0.382 e. The summed E-state index contributed by atoms with van der Waals surface area (Å²) in [5.41, 5.74) is 0. The van der Waals surface area contributed by atoms with Crippen LogP contribution in [-0.4, -0.2) is 64.2 Å². The summed E-state index contributed by atoms with van der Waals surface area (Å²) in [6.07, 6.45) is -4.32. The number of halogens is 3. The van der Waals surface area contributed by atoms with Crippen LogP contribution in [0.25, 0.3) is 0 Å². The molecule has 124 valence electrons. The van der Waals surface area contributed by atoms with Crippen molar-refractivity contribution in [1.82, 2.24) is 14.7 Å². The number of hydrogen-bond acceptors (Lipinski definition) is 4. The molecule has 2 rings (SSSR count). The summed E-state index contributed by atoms with van der Waals surface area (Å²) in [5.74, 6) is 0.198. The molecule has 1 aliphatic rings. The predicted molar refractivity (Wildman–Crippen MR) is 73.3 cm³/mol. The molecule has 0 spiro atoms. The van der Waals surface area contributed by atoms with Gasteiger partial charge in [-0.05, 0) is 19.9 Å². The molecule has 1 fully saturated rings. The van der Waals surface area contributed by atoms with Crippen LogP contribution in [0.4, 0.5) is 19.0 Å². The first-order chi connectivity index (χ1) is 10.2. The van der Waals surface area contributed by atoms with Crippen molar-refractivity contribution in [3.63, 3.8) is 0 Å². The minimum absolute atomic E-state index is 0.290. The van der Waals surface area contributed by atoms with Gasteiger partial charge in [0.25, 0.3) is 0 Å². The number of aliphatic hydroxyl groups is 1. The third-order valence-corrected chi connectivity index (χ3v) is 3.76. The number of aromatic nitrogens is 2. The lowest BCUT2D eigenvalue weighted by Crippen LogP contribution is -2.54. The summed E-state index contributed by atoms with van der Waals surface area (Å²) >= 11 is 0. The summed E-state index contributed by atoms with van der Waals surface area (Å²) in [4.78, 5) is 15.2. The second kappa shape index (κ2) is 6.25. The van der Waals surface area contributed by atoms with E-state index in [0.29, 0.717) is 25.2 Å². The monoisotopic (exact) mass is 320 g/mol. The zero-order chi connectivity index (χ0) is 16.5. The molecule has 2 atom stereocenters. The first-order valence-electron chi connectivity index (χ1n) is 6.96. The van der Waals surface area contributed by atoms with Gasteiger partial charge in [0.05, 0.1) is 6.04 Å². The highest BCUT2D eigenvalue weighted by Gasteiger charge is 2.41. The number of rotatable bonds is 4. The average molecular weight is 320 g/mol. The van der Waals surface area contributed by atoms with Crippen LogP contribution >= 0.6 is 0 Å². The Balaban J connectivity index is 2.06. The molecule has 0 aliphatic carbocycles. The molecule has 1 aromatic heterocycles. The number of amides is 1. The molecular weight excluding hydrogens is 301 g/mol. The van der Waals surface area contributed by atoms with Crippen molar-refractivity contribution in [3.05, 3.63) is 12.3 Å². The van der Waals surface area contributed by atoms with Crippen LogP contribution in [0.3, 0.4) is 0 Å². The molecule has 9 heteroatoms. The van der Waals surface area contributed by atoms with Crippen molar-refractivity contribution >= 4 is 11.7 Å². The highest BCUT2D eigenvalue weighted by molar-refractivity contribution is 5.97. The fraction of sp³-hybridized carbons (Fsp3) is 0.692. The number of likely N-dealkylation sites (N-methyl/N-ethyl adjacent to an activating group) is 1. The van der Waals surface area contributed by atoms with Crippen molar-refractivity contribution in [3.8, 4) is 0 Å². The van der Waals surface area contributed by atoms with E-state index in [4.69, 9.17) is 5.11 Å². The van der Waals surface area contributed by atoms with Gasteiger partial charge in [0.1, 0.15) is 0 Å². The number of nitrogens with zero attached hydrogens (tertiary/aromatic N) is 4. The molecular formula is C13H19F3N4O2. The maximum atomic E-state index is 12.5.